The van der Waals surface area contributed by atoms with Crippen LogP contribution in [-0.2, 0) is 16.5 Å². The molecule has 0 unspecified atom stereocenters. The minimum Gasteiger partial charge on any atom is -0.388 e. The molecule has 1 aliphatic heterocycles. The average molecular weight is 478 g/mol. The van der Waals surface area contributed by atoms with E-state index >= 15 is 0 Å². The minimum absolute atomic E-state index is 0.0397. The van der Waals surface area contributed by atoms with Gasteiger partial charge in [0.05, 0.1) is 17.7 Å². The fourth-order valence-corrected chi connectivity index (χ4v) is 4.51. The largest absolute Gasteiger partial charge is 0.417 e. The number of nitrogens with zero attached hydrogens (tertiary/aromatic N) is 3. The highest BCUT2D eigenvalue weighted by Gasteiger charge is 2.48. The number of rotatable bonds is 4. The van der Waals surface area contributed by atoms with Gasteiger partial charge in [0.2, 0.25) is 0 Å². The molecule has 2 fully saturated rings. The standard InChI is InChI=1S/C23H22F4N4O3/c1-12-9-31-10-14(13-2-3-13)7-29-20(31)18(12)21(33)30-22(4-5-34-11-17(22)32)19-16(24)6-15(8-28-19)23(25,26)27/h6-10,13,17,32H,2-5,11H2,1H3,(H,30,33)/t17-,22-/m0/s1. The number of alkyl halides is 3. The lowest BCUT2D eigenvalue weighted by molar-refractivity contribution is -0.138. The number of amides is 1. The maximum absolute atomic E-state index is 15.0. The van der Waals surface area contributed by atoms with E-state index in [1.807, 2.05) is 6.20 Å². The summed E-state index contributed by atoms with van der Waals surface area (Å²) in [4.78, 5) is 21.6. The van der Waals surface area contributed by atoms with Gasteiger partial charge in [0.1, 0.15) is 28.8 Å². The van der Waals surface area contributed by atoms with Crippen molar-refractivity contribution < 1.29 is 32.2 Å². The zero-order valence-electron chi connectivity index (χ0n) is 18.2. The molecule has 3 aromatic heterocycles. The van der Waals surface area contributed by atoms with Crippen LogP contribution in [0.3, 0.4) is 0 Å². The van der Waals surface area contributed by atoms with Crippen LogP contribution in [0.2, 0.25) is 0 Å². The number of fused-ring (bicyclic) bond motifs is 1. The number of aromatic nitrogens is 3. The fourth-order valence-electron chi connectivity index (χ4n) is 4.51. The minimum atomic E-state index is -4.79. The predicted molar refractivity (Wildman–Crippen MR) is 112 cm³/mol. The van der Waals surface area contributed by atoms with Gasteiger partial charge in [-0.15, -0.1) is 0 Å². The van der Waals surface area contributed by atoms with Gasteiger partial charge in [0.25, 0.3) is 5.91 Å². The Labute approximate surface area is 191 Å². The Morgan fingerprint density at radius 1 is 1.26 bits per heavy atom. The van der Waals surface area contributed by atoms with Crippen molar-refractivity contribution in [1.29, 1.82) is 0 Å². The summed E-state index contributed by atoms with van der Waals surface area (Å²) in [6, 6.07) is 0.318. The van der Waals surface area contributed by atoms with Crippen LogP contribution in [0.1, 0.15) is 57.9 Å². The van der Waals surface area contributed by atoms with Gasteiger partial charge < -0.3 is 19.6 Å². The van der Waals surface area contributed by atoms with Crippen LogP contribution in [0.15, 0.2) is 30.9 Å². The maximum Gasteiger partial charge on any atom is 0.417 e. The third-order valence-electron chi connectivity index (χ3n) is 6.51. The Hall–Kier alpha value is -3.05. The van der Waals surface area contributed by atoms with E-state index in [0.29, 0.717) is 29.4 Å². The Balaban J connectivity index is 1.54. The fraction of sp³-hybridized carbons (Fsp3) is 0.435. The van der Waals surface area contributed by atoms with Crippen LogP contribution in [0.4, 0.5) is 17.6 Å². The van der Waals surface area contributed by atoms with Gasteiger partial charge in [0.15, 0.2) is 0 Å². The molecule has 2 N–H and O–H groups in total. The SMILES string of the molecule is Cc1cn2cc(C3CC3)cnc2c1C(=O)N[C@@]1(c2ncc(C(F)(F)F)cc2F)CCOC[C@@H]1O. The van der Waals surface area contributed by atoms with Crippen molar-refractivity contribution in [2.45, 2.75) is 49.9 Å². The second-order valence-electron chi connectivity index (χ2n) is 8.90. The monoisotopic (exact) mass is 478 g/mol. The second-order valence-corrected chi connectivity index (χ2v) is 8.90. The van der Waals surface area contributed by atoms with Crippen molar-refractivity contribution in [3.63, 3.8) is 0 Å². The van der Waals surface area contributed by atoms with E-state index in [1.165, 1.54) is 0 Å². The van der Waals surface area contributed by atoms with Crippen molar-refractivity contribution in [2.24, 2.45) is 0 Å². The van der Waals surface area contributed by atoms with Crippen LogP contribution < -0.4 is 5.32 Å². The van der Waals surface area contributed by atoms with Crippen molar-refractivity contribution in [3.8, 4) is 0 Å². The number of aryl methyl sites for hydroxylation is 1. The Kier molecular flexibility index (Phi) is 5.36. The predicted octanol–water partition coefficient (Wildman–Crippen LogP) is 3.48. The Morgan fingerprint density at radius 2 is 2.03 bits per heavy atom. The van der Waals surface area contributed by atoms with E-state index in [4.69, 9.17) is 4.74 Å². The molecular formula is C23H22F4N4O3. The van der Waals surface area contributed by atoms with Gasteiger partial charge in [-0.05, 0) is 42.9 Å². The molecule has 1 saturated carbocycles. The molecule has 0 radical (unpaired) electrons. The van der Waals surface area contributed by atoms with Crippen LogP contribution in [-0.4, -0.2) is 44.7 Å². The number of aliphatic hydroxyl groups is 1. The van der Waals surface area contributed by atoms with E-state index in [1.54, 1.807) is 23.7 Å². The molecule has 1 amide bonds. The van der Waals surface area contributed by atoms with Gasteiger partial charge in [-0.2, -0.15) is 13.2 Å². The maximum atomic E-state index is 15.0. The molecule has 0 aromatic carbocycles. The number of carbonyl (C=O) groups excluding carboxylic acids is 1. The highest BCUT2D eigenvalue weighted by atomic mass is 19.4. The average Bonchev–Trinajstić information content (AvgIpc) is 3.56. The molecule has 2 atom stereocenters. The molecule has 2 aliphatic rings. The first-order chi connectivity index (χ1) is 16.1. The summed E-state index contributed by atoms with van der Waals surface area (Å²) >= 11 is 0. The molecule has 4 heterocycles. The summed E-state index contributed by atoms with van der Waals surface area (Å²) < 4.78 is 61.0. The van der Waals surface area contributed by atoms with Crippen LogP contribution in [0.5, 0.6) is 0 Å². The number of carbonyl (C=O) groups is 1. The zero-order valence-corrected chi connectivity index (χ0v) is 18.2. The van der Waals surface area contributed by atoms with E-state index in [-0.39, 0.29) is 25.2 Å². The topological polar surface area (TPSA) is 88.8 Å². The number of pyridine rings is 1. The van der Waals surface area contributed by atoms with Crippen molar-refractivity contribution in [3.05, 3.63) is 64.6 Å². The molecule has 5 rings (SSSR count). The normalized spacial score (nSPS) is 23.3. The number of halogens is 4. The molecule has 0 bridgehead atoms. The van der Waals surface area contributed by atoms with E-state index < -0.39 is 40.8 Å². The number of hydrogen-bond donors (Lipinski definition) is 2. The Morgan fingerprint density at radius 3 is 2.68 bits per heavy atom. The zero-order chi connectivity index (χ0) is 24.3. The molecule has 0 spiro atoms. The first-order valence-corrected chi connectivity index (χ1v) is 10.9. The molecule has 3 aromatic rings. The highest BCUT2D eigenvalue weighted by Crippen LogP contribution is 2.40. The quantitative estimate of drug-likeness (QED) is 0.561. The molecule has 180 valence electrons. The van der Waals surface area contributed by atoms with Crippen molar-refractivity contribution in [2.75, 3.05) is 13.2 Å². The lowest BCUT2D eigenvalue weighted by atomic mass is 9.82. The summed E-state index contributed by atoms with van der Waals surface area (Å²) in [5.41, 5.74) is -1.23. The molecule has 1 saturated heterocycles. The van der Waals surface area contributed by atoms with E-state index in [0.717, 1.165) is 18.4 Å². The van der Waals surface area contributed by atoms with Crippen molar-refractivity contribution in [1.82, 2.24) is 19.7 Å². The van der Waals surface area contributed by atoms with Crippen LogP contribution in [0, 0.1) is 12.7 Å². The lowest BCUT2D eigenvalue weighted by Gasteiger charge is -2.41. The van der Waals surface area contributed by atoms with E-state index in [2.05, 4.69) is 15.3 Å². The van der Waals surface area contributed by atoms with Crippen molar-refractivity contribution >= 4 is 11.6 Å². The lowest BCUT2D eigenvalue weighted by Crippen LogP contribution is -2.59. The summed E-state index contributed by atoms with van der Waals surface area (Å²) in [6.07, 6.45) is 1.77. The highest BCUT2D eigenvalue weighted by molar-refractivity contribution is 6.02. The van der Waals surface area contributed by atoms with Gasteiger partial charge >= 0.3 is 6.18 Å². The third-order valence-corrected chi connectivity index (χ3v) is 6.51. The molecule has 34 heavy (non-hydrogen) atoms. The van der Waals surface area contributed by atoms with Gasteiger partial charge in [0, 0.05) is 37.8 Å². The number of ether oxygens (including phenoxy) is 1. The first-order valence-electron chi connectivity index (χ1n) is 10.9. The van der Waals surface area contributed by atoms with Gasteiger partial charge in [-0.25, -0.2) is 9.37 Å². The van der Waals surface area contributed by atoms with Crippen LogP contribution >= 0.6 is 0 Å². The smallest absolute Gasteiger partial charge is 0.388 e. The van der Waals surface area contributed by atoms with Crippen LogP contribution in [0.25, 0.3) is 5.65 Å². The van der Waals surface area contributed by atoms with Gasteiger partial charge in [-0.1, -0.05) is 0 Å². The third kappa shape index (κ3) is 3.82. The second kappa shape index (κ2) is 8.02. The Bertz CT molecular complexity index is 1270. The van der Waals surface area contributed by atoms with Gasteiger partial charge in [-0.3, -0.25) is 9.78 Å². The molecular weight excluding hydrogens is 456 g/mol. The summed E-state index contributed by atoms with van der Waals surface area (Å²) in [5, 5.41) is 13.4. The summed E-state index contributed by atoms with van der Waals surface area (Å²) in [5.74, 6) is -1.46. The number of hydrogen-bond acceptors (Lipinski definition) is 5. The summed E-state index contributed by atoms with van der Waals surface area (Å²) in [7, 11) is 0. The molecule has 11 heteroatoms. The summed E-state index contributed by atoms with van der Waals surface area (Å²) in [6.45, 7) is 1.52. The molecule has 1 aliphatic carbocycles. The first kappa shape index (κ1) is 22.7. The number of nitrogens with one attached hydrogen (secondary N) is 1. The van der Waals surface area contributed by atoms with E-state index in [9.17, 15) is 27.5 Å². The molecule has 7 nitrogen and oxygen atoms in total. The number of aliphatic hydroxyl groups excluding tert-OH is 1.